The second-order valence-electron chi connectivity index (χ2n) is 8.83. The summed E-state index contributed by atoms with van der Waals surface area (Å²) in [7, 11) is 0. The summed E-state index contributed by atoms with van der Waals surface area (Å²) in [5.41, 5.74) is -5.91. The van der Waals surface area contributed by atoms with E-state index in [9.17, 15) is 49.1 Å². The molecule has 0 fully saturated rings. The smallest absolute Gasteiger partial charge is 0.374 e. The van der Waals surface area contributed by atoms with Gasteiger partial charge in [0.05, 0.1) is 29.8 Å². The third-order valence-corrected chi connectivity index (χ3v) is 6.23. The number of oxime groups is 1. The topological polar surface area (TPSA) is 84.2 Å². The Morgan fingerprint density at radius 2 is 1.71 bits per heavy atom. The molecule has 3 heterocycles. The van der Waals surface area contributed by atoms with Crippen molar-refractivity contribution < 1.29 is 53.9 Å². The molecule has 0 radical (unpaired) electrons. The number of carbonyl (C=O) groups excluding carboxylic acids is 2. The van der Waals surface area contributed by atoms with E-state index in [0.717, 1.165) is 6.07 Å². The molecule has 0 saturated heterocycles. The molecule has 2 aromatic heterocycles. The molecule has 1 aromatic carbocycles. The van der Waals surface area contributed by atoms with E-state index >= 15 is 0 Å². The van der Waals surface area contributed by atoms with Crippen molar-refractivity contribution in [3.63, 3.8) is 0 Å². The fraction of sp³-hybridized carbons (Fsp3) is 0.292. The van der Waals surface area contributed by atoms with Gasteiger partial charge in [-0.15, -0.1) is 0 Å². The number of aromatic nitrogens is 1. The number of benzene rings is 1. The van der Waals surface area contributed by atoms with Crippen molar-refractivity contribution in [1.29, 1.82) is 0 Å². The summed E-state index contributed by atoms with van der Waals surface area (Å²) in [6, 6.07) is 6.64. The van der Waals surface area contributed by atoms with Gasteiger partial charge < -0.3 is 19.9 Å². The van der Waals surface area contributed by atoms with Crippen LogP contribution in [0, 0.1) is 0 Å². The van der Waals surface area contributed by atoms with E-state index in [0.29, 0.717) is 12.1 Å². The zero-order chi connectivity index (χ0) is 30.4. The second kappa shape index (κ2) is 10.5. The molecule has 41 heavy (non-hydrogen) atoms. The summed E-state index contributed by atoms with van der Waals surface area (Å²) < 4.78 is 121. The first-order valence-electron chi connectivity index (χ1n) is 11.3. The molecule has 0 saturated carbocycles. The van der Waals surface area contributed by atoms with Crippen LogP contribution in [0.4, 0.5) is 39.5 Å². The molecule has 3 aromatic rings. The van der Waals surface area contributed by atoms with E-state index in [1.807, 2.05) is 0 Å². The molecule has 2 N–H and O–H groups in total. The predicted molar refractivity (Wildman–Crippen MR) is 125 cm³/mol. The van der Waals surface area contributed by atoms with Gasteiger partial charge in [-0.3, -0.25) is 9.59 Å². The predicted octanol–water partition coefficient (Wildman–Crippen LogP) is 5.60. The lowest BCUT2D eigenvalue weighted by Crippen LogP contribution is -2.43. The molecule has 0 spiro atoms. The van der Waals surface area contributed by atoms with Crippen LogP contribution in [0.25, 0.3) is 5.52 Å². The van der Waals surface area contributed by atoms with Gasteiger partial charge in [0.2, 0.25) is 5.91 Å². The molecule has 17 heteroatoms. The van der Waals surface area contributed by atoms with Crippen LogP contribution in [-0.2, 0) is 21.4 Å². The Balaban J connectivity index is 1.62. The van der Waals surface area contributed by atoms with E-state index in [-0.39, 0.29) is 28.6 Å². The van der Waals surface area contributed by atoms with Crippen molar-refractivity contribution >= 4 is 34.6 Å². The number of amides is 2. The van der Waals surface area contributed by atoms with Crippen LogP contribution in [0.5, 0.6) is 0 Å². The zero-order valence-corrected chi connectivity index (χ0v) is 20.9. The fourth-order valence-corrected chi connectivity index (χ4v) is 4.35. The van der Waals surface area contributed by atoms with Crippen LogP contribution in [0.15, 0.2) is 53.8 Å². The van der Waals surface area contributed by atoms with E-state index in [4.69, 9.17) is 16.4 Å². The first kappa shape index (κ1) is 30.0. The Hall–Kier alpha value is -3.95. The zero-order valence-electron chi connectivity index (χ0n) is 20.1. The van der Waals surface area contributed by atoms with Gasteiger partial charge in [-0.1, -0.05) is 16.8 Å². The van der Waals surface area contributed by atoms with Gasteiger partial charge >= 0.3 is 18.5 Å². The van der Waals surface area contributed by atoms with Gasteiger partial charge in [0.15, 0.2) is 0 Å². The number of hydrogen-bond donors (Lipinski definition) is 2. The average Bonchev–Trinajstić information content (AvgIpc) is 3.52. The van der Waals surface area contributed by atoms with Gasteiger partial charge in [-0.2, -0.15) is 39.5 Å². The summed E-state index contributed by atoms with van der Waals surface area (Å²) in [5.74, 6) is -2.01. The SMILES string of the molecule is O=C(CNC(=O)c1ccc(C2=NOC(c3cc(Cl)cc(C(F)(F)F)c3)(C(F)(F)F)C2)c2cccn12)NCC(F)(F)F. The van der Waals surface area contributed by atoms with Gasteiger partial charge in [0.1, 0.15) is 12.2 Å². The van der Waals surface area contributed by atoms with Gasteiger partial charge in [0, 0.05) is 22.3 Å². The molecule has 0 aliphatic carbocycles. The Kier molecular flexibility index (Phi) is 7.66. The largest absolute Gasteiger partial charge is 0.435 e. The Morgan fingerprint density at radius 1 is 1.00 bits per heavy atom. The van der Waals surface area contributed by atoms with Crippen LogP contribution in [0.1, 0.15) is 33.6 Å². The highest BCUT2D eigenvalue weighted by Crippen LogP contribution is 2.50. The van der Waals surface area contributed by atoms with Crippen molar-refractivity contribution in [3.8, 4) is 0 Å². The number of rotatable bonds is 6. The van der Waals surface area contributed by atoms with Crippen molar-refractivity contribution in [2.45, 2.75) is 30.6 Å². The molecule has 7 nitrogen and oxygen atoms in total. The van der Waals surface area contributed by atoms with Crippen LogP contribution < -0.4 is 10.6 Å². The molecule has 1 aliphatic rings. The molecule has 2 amide bonds. The molecule has 220 valence electrons. The third-order valence-electron chi connectivity index (χ3n) is 6.01. The quantitative estimate of drug-likeness (QED) is 0.355. The van der Waals surface area contributed by atoms with Crippen LogP contribution in [0.2, 0.25) is 5.02 Å². The second-order valence-corrected chi connectivity index (χ2v) is 9.26. The molecule has 1 unspecified atom stereocenters. The Labute approximate surface area is 228 Å². The average molecular weight is 615 g/mol. The highest BCUT2D eigenvalue weighted by molar-refractivity contribution is 6.30. The summed E-state index contributed by atoms with van der Waals surface area (Å²) in [6.07, 6.45) is -14.6. The van der Waals surface area contributed by atoms with Crippen molar-refractivity contribution in [2.75, 3.05) is 13.1 Å². The lowest BCUT2D eigenvalue weighted by atomic mass is 9.85. The maximum absolute atomic E-state index is 14.4. The van der Waals surface area contributed by atoms with E-state index < -0.39 is 71.6 Å². The number of halogens is 10. The minimum absolute atomic E-state index is 0.0404. The summed E-state index contributed by atoms with van der Waals surface area (Å²) >= 11 is 5.72. The Bertz CT molecular complexity index is 1530. The highest BCUT2D eigenvalue weighted by Gasteiger charge is 2.62. The van der Waals surface area contributed by atoms with Crippen molar-refractivity contribution in [3.05, 3.63) is 76.1 Å². The minimum atomic E-state index is -5.24. The molecule has 1 atom stereocenters. The fourth-order valence-electron chi connectivity index (χ4n) is 4.11. The maximum Gasteiger partial charge on any atom is 0.435 e. The van der Waals surface area contributed by atoms with Crippen LogP contribution in [-0.4, -0.2) is 47.4 Å². The lowest BCUT2D eigenvalue weighted by Gasteiger charge is -2.30. The summed E-state index contributed by atoms with van der Waals surface area (Å²) in [4.78, 5) is 29.0. The van der Waals surface area contributed by atoms with E-state index in [1.54, 1.807) is 5.32 Å². The monoisotopic (exact) mass is 614 g/mol. The molecule has 4 rings (SSSR count). The number of hydrogen-bond acceptors (Lipinski definition) is 4. The molecular formula is C24H16ClF9N4O3. The van der Waals surface area contributed by atoms with Crippen LogP contribution >= 0.6 is 11.6 Å². The molecule has 1 aliphatic heterocycles. The van der Waals surface area contributed by atoms with Gasteiger partial charge in [0.25, 0.3) is 11.5 Å². The third kappa shape index (κ3) is 6.21. The Morgan fingerprint density at radius 3 is 2.34 bits per heavy atom. The number of fused-ring (bicyclic) bond motifs is 1. The lowest BCUT2D eigenvalue weighted by molar-refractivity contribution is -0.276. The van der Waals surface area contributed by atoms with Gasteiger partial charge in [-0.05, 0) is 42.5 Å². The van der Waals surface area contributed by atoms with Crippen molar-refractivity contribution in [1.82, 2.24) is 15.0 Å². The van der Waals surface area contributed by atoms with Crippen molar-refractivity contribution in [2.24, 2.45) is 5.16 Å². The number of nitrogens with one attached hydrogen (secondary N) is 2. The minimum Gasteiger partial charge on any atom is -0.374 e. The number of carbonyl (C=O) groups is 2. The summed E-state index contributed by atoms with van der Waals surface area (Å²) in [6.45, 7) is -2.40. The highest BCUT2D eigenvalue weighted by atomic mass is 35.5. The van der Waals surface area contributed by atoms with Crippen LogP contribution in [0.3, 0.4) is 0 Å². The first-order valence-corrected chi connectivity index (χ1v) is 11.7. The molecular weight excluding hydrogens is 599 g/mol. The van der Waals surface area contributed by atoms with Gasteiger partial charge in [-0.25, -0.2) is 0 Å². The van der Waals surface area contributed by atoms with E-state index in [1.165, 1.54) is 28.8 Å². The number of nitrogens with zero attached hydrogens (tertiary/aromatic N) is 2. The maximum atomic E-state index is 14.4. The normalized spacial score (nSPS) is 17.8. The number of pyridine rings is 1. The molecule has 0 bridgehead atoms. The van der Waals surface area contributed by atoms with E-state index in [2.05, 4.69) is 10.5 Å². The first-order chi connectivity index (χ1) is 18.9. The number of alkyl halides is 9. The summed E-state index contributed by atoms with van der Waals surface area (Å²) in [5, 5.41) is 6.65. The standard InChI is InChI=1S/C24H16ClF9N4O3/c25-14-7-12(6-13(8-14)23(29,30)31)21(24(32,33)34)9-16(37-41-21)15-3-4-18(38-5-1-2-17(15)38)20(40)35-10-19(39)36-11-22(26,27)28/h1-8H,9-11H2,(H,35,40)(H,36,39).